The number of rotatable bonds is 8. The zero-order valence-corrected chi connectivity index (χ0v) is 29.4. The van der Waals surface area contributed by atoms with Crippen LogP contribution in [0.25, 0.3) is 0 Å². The van der Waals surface area contributed by atoms with Crippen LogP contribution in [0.15, 0.2) is 35.2 Å². The van der Waals surface area contributed by atoms with Crippen LogP contribution in [0.4, 0.5) is 4.79 Å². The van der Waals surface area contributed by atoms with Crippen molar-refractivity contribution in [1.29, 1.82) is 0 Å². The summed E-state index contributed by atoms with van der Waals surface area (Å²) in [5.41, 5.74) is -1.22. The van der Waals surface area contributed by atoms with Crippen LogP contribution in [-0.4, -0.2) is 115 Å². The summed E-state index contributed by atoms with van der Waals surface area (Å²) in [7, 11) is -3.90. The van der Waals surface area contributed by atoms with Gasteiger partial charge in [-0.05, 0) is 98.1 Å². The van der Waals surface area contributed by atoms with E-state index in [0.717, 1.165) is 38.8 Å². The highest BCUT2D eigenvalue weighted by atomic mass is 32.2. The smallest absolute Gasteiger partial charge is 0.410 e. The summed E-state index contributed by atoms with van der Waals surface area (Å²) in [4.78, 5) is 45.0. The molecule has 2 amide bonds. The molecule has 1 aromatic rings. The van der Waals surface area contributed by atoms with Gasteiger partial charge < -0.3 is 19.3 Å². The quantitative estimate of drug-likeness (QED) is 0.377. The number of hydrogen-bond donors (Lipinski definition) is 0. The van der Waals surface area contributed by atoms with Crippen LogP contribution in [0.3, 0.4) is 0 Å². The van der Waals surface area contributed by atoms with Gasteiger partial charge in [0.25, 0.3) is 0 Å². The summed E-state index contributed by atoms with van der Waals surface area (Å²) in [6, 6.07) is 8.59. The standard InChI is InChI=1S/C34H54N4O7S/c1-33(2,3)44-30(39)25-38(46(42,43)29-10-8-7-9-11-29)24-26-12-14-27(15-13-26)31(40)36-22-20-35(21-23-36)28-16-18-37(19-17-28)32(41)45-34(4,5)6/h7-11,26-28H,12-25H2,1-6H3. The van der Waals surface area contributed by atoms with Gasteiger partial charge in [0, 0.05) is 57.8 Å². The van der Waals surface area contributed by atoms with Gasteiger partial charge in [-0.25, -0.2) is 13.2 Å². The second kappa shape index (κ2) is 15.0. The largest absolute Gasteiger partial charge is 0.459 e. The van der Waals surface area contributed by atoms with Crippen LogP contribution in [0, 0.1) is 11.8 Å². The summed E-state index contributed by atoms with van der Waals surface area (Å²) < 4.78 is 39.3. The van der Waals surface area contributed by atoms with Gasteiger partial charge in [0.2, 0.25) is 15.9 Å². The first kappa shape index (κ1) is 36.1. The molecule has 11 nitrogen and oxygen atoms in total. The SMILES string of the molecule is CC(C)(C)OC(=O)CN(CC1CCC(C(=O)N2CCN(C3CCN(C(=O)OC(C)(C)C)CC3)CC2)CC1)S(=O)(=O)c1ccccc1. The van der Waals surface area contributed by atoms with Crippen molar-refractivity contribution in [1.82, 2.24) is 19.0 Å². The molecule has 0 spiro atoms. The zero-order chi connectivity index (χ0) is 33.7. The van der Waals surface area contributed by atoms with Crippen LogP contribution in [0.2, 0.25) is 0 Å². The van der Waals surface area contributed by atoms with Crippen molar-refractivity contribution in [2.75, 3.05) is 52.4 Å². The van der Waals surface area contributed by atoms with Gasteiger partial charge in [-0.15, -0.1) is 0 Å². The van der Waals surface area contributed by atoms with Crippen molar-refractivity contribution in [3.05, 3.63) is 30.3 Å². The number of esters is 1. The van der Waals surface area contributed by atoms with E-state index in [9.17, 15) is 22.8 Å². The highest BCUT2D eigenvalue weighted by molar-refractivity contribution is 7.89. The number of ether oxygens (including phenoxy) is 2. The number of amides is 2. The molecule has 0 bridgehead atoms. The van der Waals surface area contributed by atoms with E-state index in [1.165, 1.54) is 4.31 Å². The van der Waals surface area contributed by atoms with E-state index in [2.05, 4.69) is 4.90 Å². The maximum atomic E-state index is 13.6. The number of likely N-dealkylation sites (tertiary alicyclic amines) is 1. The lowest BCUT2D eigenvalue weighted by atomic mass is 9.81. The van der Waals surface area contributed by atoms with Crippen molar-refractivity contribution >= 4 is 28.0 Å². The molecule has 1 saturated carbocycles. The Morgan fingerprint density at radius 1 is 0.761 bits per heavy atom. The number of piperidine rings is 1. The van der Waals surface area contributed by atoms with Crippen molar-refractivity contribution in [2.24, 2.45) is 11.8 Å². The van der Waals surface area contributed by atoms with Gasteiger partial charge in [-0.1, -0.05) is 18.2 Å². The third-order valence-corrected chi connectivity index (χ3v) is 10.8. The average Bonchev–Trinajstić information content (AvgIpc) is 2.99. The van der Waals surface area contributed by atoms with Crippen LogP contribution < -0.4 is 0 Å². The first-order valence-electron chi connectivity index (χ1n) is 16.8. The minimum Gasteiger partial charge on any atom is -0.459 e. The minimum absolute atomic E-state index is 0.0494. The number of carbonyl (C=O) groups is 3. The Balaban J connectivity index is 1.25. The predicted octanol–water partition coefficient (Wildman–Crippen LogP) is 4.37. The summed E-state index contributed by atoms with van der Waals surface area (Å²) >= 11 is 0. The topological polar surface area (TPSA) is 117 Å². The zero-order valence-electron chi connectivity index (χ0n) is 28.6. The fraction of sp³-hybridized carbons (Fsp3) is 0.735. The van der Waals surface area contributed by atoms with Crippen LogP contribution in [-0.2, 0) is 29.1 Å². The maximum Gasteiger partial charge on any atom is 0.410 e. The van der Waals surface area contributed by atoms with Crippen LogP contribution in [0.1, 0.15) is 80.1 Å². The Morgan fingerprint density at radius 3 is 1.87 bits per heavy atom. The van der Waals surface area contributed by atoms with E-state index >= 15 is 0 Å². The van der Waals surface area contributed by atoms with Crippen LogP contribution >= 0.6 is 0 Å². The number of carbonyl (C=O) groups excluding carboxylic acids is 3. The Labute approximate surface area is 275 Å². The Morgan fingerprint density at radius 2 is 1.33 bits per heavy atom. The molecule has 2 aliphatic heterocycles. The molecule has 1 aromatic carbocycles. The molecule has 3 fully saturated rings. The second-order valence-electron chi connectivity index (χ2n) is 15.0. The fourth-order valence-corrected chi connectivity index (χ4v) is 8.17. The summed E-state index contributed by atoms with van der Waals surface area (Å²) in [5.74, 6) is -0.401. The lowest BCUT2D eigenvalue weighted by Gasteiger charge is -2.43. The summed E-state index contributed by atoms with van der Waals surface area (Å²) in [6.45, 7) is 15.2. The van der Waals surface area contributed by atoms with Crippen molar-refractivity contribution in [3.8, 4) is 0 Å². The molecule has 4 rings (SSSR count). The van der Waals surface area contributed by atoms with Gasteiger partial charge in [0.15, 0.2) is 0 Å². The highest BCUT2D eigenvalue weighted by Crippen LogP contribution is 2.32. The average molecular weight is 663 g/mol. The molecule has 0 atom stereocenters. The van der Waals surface area contributed by atoms with Gasteiger partial charge in [0.1, 0.15) is 17.7 Å². The molecule has 3 aliphatic rings. The monoisotopic (exact) mass is 662 g/mol. The lowest BCUT2D eigenvalue weighted by Crippen LogP contribution is -2.55. The van der Waals surface area contributed by atoms with Crippen LogP contribution in [0.5, 0.6) is 0 Å². The van der Waals surface area contributed by atoms with E-state index in [1.807, 2.05) is 25.7 Å². The third-order valence-electron chi connectivity index (χ3n) is 9.02. The Bertz CT molecular complexity index is 1280. The van der Waals surface area contributed by atoms with E-state index < -0.39 is 27.2 Å². The normalized spacial score (nSPS) is 22.5. The van der Waals surface area contributed by atoms with Gasteiger partial charge in [-0.2, -0.15) is 4.31 Å². The predicted molar refractivity (Wildman–Crippen MR) is 175 cm³/mol. The van der Waals surface area contributed by atoms with Gasteiger partial charge in [0.05, 0.1) is 4.90 Å². The van der Waals surface area contributed by atoms with Gasteiger partial charge in [-0.3, -0.25) is 14.5 Å². The third kappa shape index (κ3) is 10.1. The van der Waals surface area contributed by atoms with E-state index in [4.69, 9.17) is 9.47 Å². The number of sulfonamides is 1. The molecule has 258 valence electrons. The first-order chi connectivity index (χ1) is 21.5. The molecule has 2 heterocycles. The summed E-state index contributed by atoms with van der Waals surface area (Å²) in [6.07, 6.45) is 4.43. The van der Waals surface area contributed by atoms with Crippen molar-refractivity contribution < 1.29 is 32.3 Å². The van der Waals surface area contributed by atoms with Crippen molar-refractivity contribution in [3.63, 3.8) is 0 Å². The molecular weight excluding hydrogens is 608 g/mol. The molecule has 1 aliphatic carbocycles. The second-order valence-corrected chi connectivity index (χ2v) is 16.9. The molecule has 0 unspecified atom stereocenters. The number of piperazine rings is 1. The fourth-order valence-electron chi connectivity index (χ4n) is 6.69. The maximum absolute atomic E-state index is 13.6. The number of benzene rings is 1. The van der Waals surface area contributed by atoms with E-state index in [1.54, 1.807) is 56.0 Å². The van der Waals surface area contributed by atoms with Gasteiger partial charge >= 0.3 is 12.1 Å². The number of hydrogen-bond acceptors (Lipinski definition) is 8. The van der Waals surface area contributed by atoms with E-state index in [0.29, 0.717) is 45.1 Å². The summed E-state index contributed by atoms with van der Waals surface area (Å²) in [5, 5.41) is 0. The molecule has 2 saturated heterocycles. The molecule has 0 aromatic heterocycles. The first-order valence-corrected chi connectivity index (χ1v) is 18.2. The molecule has 46 heavy (non-hydrogen) atoms. The molecule has 12 heteroatoms. The molecule has 0 N–H and O–H groups in total. The van der Waals surface area contributed by atoms with Crippen molar-refractivity contribution in [2.45, 2.75) is 102 Å². The molecular formula is C34H54N4O7S. The Hall–Kier alpha value is -2.70. The lowest BCUT2D eigenvalue weighted by molar-refractivity contribution is -0.155. The minimum atomic E-state index is -3.90. The highest BCUT2D eigenvalue weighted by Gasteiger charge is 2.37. The number of nitrogens with zero attached hydrogens (tertiary/aromatic N) is 4. The molecule has 0 radical (unpaired) electrons. The Kier molecular flexibility index (Phi) is 11.8. The van der Waals surface area contributed by atoms with E-state index in [-0.39, 0.29) is 41.8 Å².